The summed E-state index contributed by atoms with van der Waals surface area (Å²) in [5.74, 6) is 0.934. The second-order valence-electron chi connectivity index (χ2n) is 7.01. The van der Waals surface area contributed by atoms with Crippen molar-refractivity contribution in [1.29, 1.82) is 0 Å². The van der Waals surface area contributed by atoms with Crippen molar-refractivity contribution >= 4 is 5.69 Å². The Morgan fingerprint density at radius 3 is 1.80 bits per heavy atom. The van der Waals surface area contributed by atoms with Gasteiger partial charge in [0.15, 0.2) is 0 Å². The standard InChI is InChI=1S/C22H30N2O/c1-23-15-17-24(18-16-23)21-11-7-19(8-12-21)5-3-4-6-20-9-13-22(25-2)14-10-20/h7-14H,3-6,15-18H2,1-2H3. The second kappa shape index (κ2) is 8.91. The number of methoxy groups -OCH3 is 1. The average molecular weight is 338 g/mol. The van der Waals surface area contributed by atoms with Crippen LogP contribution in [0.2, 0.25) is 0 Å². The highest BCUT2D eigenvalue weighted by Crippen LogP contribution is 2.19. The molecule has 0 amide bonds. The second-order valence-corrected chi connectivity index (χ2v) is 7.01. The van der Waals surface area contributed by atoms with E-state index in [2.05, 4.69) is 53.2 Å². The number of anilines is 1. The molecule has 25 heavy (non-hydrogen) atoms. The first kappa shape index (κ1) is 17.8. The maximum absolute atomic E-state index is 5.21. The number of hydrogen-bond acceptors (Lipinski definition) is 3. The highest BCUT2D eigenvalue weighted by atomic mass is 16.5. The van der Waals surface area contributed by atoms with Crippen LogP contribution in [-0.4, -0.2) is 45.2 Å². The van der Waals surface area contributed by atoms with Crippen LogP contribution >= 0.6 is 0 Å². The van der Waals surface area contributed by atoms with E-state index in [1.54, 1.807) is 7.11 Å². The molecule has 0 aliphatic carbocycles. The zero-order valence-electron chi connectivity index (χ0n) is 15.6. The number of hydrogen-bond donors (Lipinski definition) is 0. The molecule has 1 heterocycles. The van der Waals surface area contributed by atoms with Gasteiger partial charge in [0.2, 0.25) is 0 Å². The third kappa shape index (κ3) is 5.23. The molecule has 1 fully saturated rings. The number of nitrogens with zero attached hydrogens (tertiary/aromatic N) is 2. The van der Waals surface area contributed by atoms with Crippen LogP contribution in [0.5, 0.6) is 5.75 Å². The van der Waals surface area contributed by atoms with Crippen molar-refractivity contribution in [1.82, 2.24) is 4.90 Å². The normalized spacial score (nSPS) is 15.4. The van der Waals surface area contributed by atoms with Gasteiger partial charge in [-0.25, -0.2) is 0 Å². The molecule has 3 nitrogen and oxygen atoms in total. The minimum Gasteiger partial charge on any atom is -0.497 e. The van der Waals surface area contributed by atoms with Gasteiger partial charge < -0.3 is 14.5 Å². The molecule has 134 valence electrons. The topological polar surface area (TPSA) is 15.7 Å². The van der Waals surface area contributed by atoms with Crippen LogP contribution in [0.1, 0.15) is 24.0 Å². The van der Waals surface area contributed by atoms with E-state index in [0.29, 0.717) is 0 Å². The van der Waals surface area contributed by atoms with Crippen molar-refractivity contribution in [3.63, 3.8) is 0 Å². The third-order valence-corrected chi connectivity index (χ3v) is 5.14. The van der Waals surface area contributed by atoms with Gasteiger partial charge in [-0.15, -0.1) is 0 Å². The Bertz CT molecular complexity index is 628. The highest BCUT2D eigenvalue weighted by Gasteiger charge is 2.13. The van der Waals surface area contributed by atoms with E-state index in [0.717, 1.165) is 38.3 Å². The Labute approximate surface area is 152 Å². The molecule has 0 unspecified atom stereocenters. The number of aryl methyl sites for hydroxylation is 2. The van der Waals surface area contributed by atoms with Crippen LogP contribution in [0.4, 0.5) is 5.69 Å². The van der Waals surface area contributed by atoms with Gasteiger partial charge in [0.25, 0.3) is 0 Å². The zero-order chi connectivity index (χ0) is 17.5. The summed E-state index contributed by atoms with van der Waals surface area (Å²) in [4.78, 5) is 4.89. The summed E-state index contributed by atoms with van der Waals surface area (Å²) in [5, 5.41) is 0. The number of benzene rings is 2. The quantitative estimate of drug-likeness (QED) is 0.709. The van der Waals surface area contributed by atoms with Crippen LogP contribution < -0.4 is 9.64 Å². The Hall–Kier alpha value is -2.00. The lowest BCUT2D eigenvalue weighted by atomic mass is 10.0. The van der Waals surface area contributed by atoms with Gasteiger partial charge in [0.1, 0.15) is 5.75 Å². The van der Waals surface area contributed by atoms with E-state index in [1.807, 2.05) is 12.1 Å². The summed E-state index contributed by atoms with van der Waals surface area (Å²) in [6.07, 6.45) is 4.77. The van der Waals surface area contributed by atoms with Crippen molar-refractivity contribution in [2.45, 2.75) is 25.7 Å². The number of unbranched alkanes of at least 4 members (excludes halogenated alkanes) is 1. The maximum Gasteiger partial charge on any atom is 0.118 e. The SMILES string of the molecule is COc1ccc(CCCCc2ccc(N3CCN(C)CC3)cc2)cc1. The van der Waals surface area contributed by atoms with Crippen molar-refractivity contribution in [2.75, 3.05) is 45.2 Å². The summed E-state index contributed by atoms with van der Waals surface area (Å²) < 4.78 is 5.21. The Kier molecular flexibility index (Phi) is 6.35. The van der Waals surface area contributed by atoms with Gasteiger partial charge >= 0.3 is 0 Å². The Morgan fingerprint density at radius 2 is 1.28 bits per heavy atom. The van der Waals surface area contributed by atoms with Crippen molar-refractivity contribution in [3.05, 3.63) is 59.7 Å². The van der Waals surface area contributed by atoms with Gasteiger partial charge in [-0.05, 0) is 68.1 Å². The number of ether oxygens (including phenoxy) is 1. The molecular weight excluding hydrogens is 308 g/mol. The van der Waals surface area contributed by atoms with E-state index >= 15 is 0 Å². The van der Waals surface area contributed by atoms with Gasteiger partial charge in [-0.2, -0.15) is 0 Å². The summed E-state index contributed by atoms with van der Waals surface area (Å²) >= 11 is 0. The van der Waals surface area contributed by atoms with Gasteiger partial charge in [0.05, 0.1) is 7.11 Å². The first-order valence-corrected chi connectivity index (χ1v) is 9.40. The highest BCUT2D eigenvalue weighted by molar-refractivity contribution is 5.48. The van der Waals surface area contributed by atoms with Crippen LogP contribution in [0.25, 0.3) is 0 Å². The van der Waals surface area contributed by atoms with Crippen LogP contribution in [0, 0.1) is 0 Å². The summed E-state index contributed by atoms with van der Waals surface area (Å²) in [6, 6.07) is 17.6. The molecule has 3 heteroatoms. The van der Waals surface area contributed by atoms with Crippen molar-refractivity contribution in [2.24, 2.45) is 0 Å². The van der Waals surface area contributed by atoms with Crippen molar-refractivity contribution in [3.8, 4) is 5.75 Å². The fourth-order valence-electron chi connectivity index (χ4n) is 3.39. The Morgan fingerprint density at radius 1 is 0.760 bits per heavy atom. The predicted octanol–water partition coefficient (Wildman–Crippen LogP) is 4.01. The molecule has 0 saturated carbocycles. The Balaban J connectivity index is 1.41. The minimum atomic E-state index is 0.934. The molecule has 0 N–H and O–H groups in total. The van der Waals surface area contributed by atoms with E-state index in [4.69, 9.17) is 4.74 Å². The largest absolute Gasteiger partial charge is 0.497 e. The van der Waals surface area contributed by atoms with Crippen LogP contribution in [-0.2, 0) is 12.8 Å². The van der Waals surface area contributed by atoms with E-state index < -0.39 is 0 Å². The molecule has 2 aromatic carbocycles. The molecule has 0 aromatic heterocycles. The van der Waals surface area contributed by atoms with Crippen LogP contribution in [0.15, 0.2) is 48.5 Å². The first-order valence-electron chi connectivity index (χ1n) is 9.40. The lowest BCUT2D eigenvalue weighted by Gasteiger charge is -2.34. The predicted molar refractivity (Wildman–Crippen MR) is 106 cm³/mol. The molecule has 1 aliphatic heterocycles. The smallest absolute Gasteiger partial charge is 0.118 e. The molecule has 2 aromatic rings. The fraction of sp³-hybridized carbons (Fsp3) is 0.455. The molecule has 0 spiro atoms. The monoisotopic (exact) mass is 338 g/mol. The summed E-state index contributed by atoms with van der Waals surface area (Å²) in [5.41, 5.74) is 4.22. The average Bonchev–Trinajstić information content (AvgIpc) is 2.67. The van der Waals surface area contributed by atoms with Crippen molar-refractivity contribution < 1.29 is 4.74 Å². The molecular formula is C22H30N2O. The molecule has 3 rings (SSSR count). The number of piperazine rings is 1. The maximum atomic E-state index is 5.21. The molecule has 1 saturated heterocycles. The van der Waals surface area contributed by atoms with Gasteiger partial charge in [-0.1, -0.05) is 24.3 Å². The number of likely N-dealkylation sites (N-methyl/N-ethyl adjacent to an activating group) is 1. The molecule has 1 aliphatic rings. The van der Waals surface area contributed by atoms with Crippen LogP contribution in [0.3, 0.4) is 0 Å². The van der Waals surface area contributed by atoms with Gasteiger partial charge in [-0.3, -0.25) is 0 Å². The number of rotatable bonds is 7. The minimum absolute atomic E-state index is 0.934. The van der Waals surface area contributed by atoms with Gasteiger partial charge in [0, 0.05) is 31.9 Å². The first-order chi connectivity index (χ1) is 12.2. The molecule has 0 bridgehead atoms. The molecule has 0 radical (unpaired) electrons. The lowest BCUT2D eigenvalue weighted by Crippen LogP contribution is -2.44. The van der Waals surface area contributed by atoms with E-state index in [-0.39, 0.29) is 0 Å². The van der Waals surface area contributed by atoms with E-state index in [9.17, 15) is 0 Å². The summed E-state index contributed by atoms with van der Waals surface area (Å²) in [6.45, 7) is 4.59. The van der Waals surface area contributed by atoms with E-state index in [1.165, 1.54) is 36.1 Å². The lowest BCUT2D eigenvalue weighted by molar-refractivity contribution is 0.313. The summed E-state index contributed by atoms with van der Waals surface area (Å²) in [7, 11) is 3.91. The third-order valence-electron chi connectivity index (χ3n) is 5.14. The fourth-order valence-corrected chi connectivity index (χ4v) is 3.39. The zero-order valence-corrected chi connectivity index (χ0v) is 15.6. The molecule has 0 atom stereocenters.